The molecule has 0 saturated heterocycles. The van der Waals surface area contributed by atoms with E-state index >= 15 is 0 Å². The molecule has 8 aromatic rings. The lowest BCUT2D eigenvalue weighted by Gasteiger charge is -2.13. The van der Waals surface area contributed by atoms with E-state index in [1.807, 2.05) is 12.1 Å². The Morgan fingerprint density at radius 2 is 1.34 bits per heavy atom. The van der Waals surface area contributed by atoms with Crippen molar-refractivity contribution >= 4 is 54.4 Å². The number of hydrogen-bond donors (Lipinski definition) is 1. The maximum Gasteiger partial charge on any atom is 0.0998 e. The van der Waals surface area contributed by atoms with Crippen molar-refractivity contribution in [2.75, 3.05) is 0 Å². The van der Waals surface area contributed by atoms with Crippen LogP contribution in [0.2, 0.25) is 0 Å². The van der Waals surface area contributed by atoms with Crippen LogP contribution in [0.4, 0.5) is 0 Å². The van der Waals surface area contributed by atoms with Crippen molar-refractivity contribution in [1.29, 1.82) is 5.26 Å². The molecule has 0 saturated carbocycles. The third kappa shape index (κ3) is 2.77. The van der Waals surface area contributed by atoms with Gasteiger partial charge in [0.25, 0.3) is 0 Å². The number of nitrogens with zero attached hydrogens (tertiary/aromatic N) is 2. The number of rotatable bonds is 2. The maximum absolute atomic E-state index is 10.1. The molecule has 0 amide bonds. The van der Waals surface area contributed by atoms with Gasteiger partial charge in [-0.2, -0.15) is 5.26 Å². The van der Waals surface area contributed by atoms with Crippen LogP contribution in [0, 0.1) is 11.3 Å². The molecular weight excluding hydrogens is 462 g/mol. The van der Waals surface area contributed by atoms with Crippen molar-refractivity contribution in [3.05, 3.63) is 127 Å². The molecule has 3 nitrogen and oxygen atoms in total. The van der Waals surface area contributed by atoms with Gasteiger partial charge in [0.2, 0.25) is 0 Å². The molecule has 2 aromatic heterocycles. The zero-order chi connectivity index (χ0) is 25.2. The van der Waals surface area contributed by atoms with Gasteiger partial charge in [-0.15, -0.1) is 0 Å². The van der Waals surface area contributed by atoms with E-state index in [9.17, 15) is 5.26 Å². The van der Waals surface area contributed by atoms with Gasteiger partial charge in [-0.1, -0.05) is 84.9 Å². The van der Waals surface area contributed by atoms with E-state index in [2.05, 4.69) is 125 Å². The zero-order valence-corrected chi connectivity index (χ0v) is 20.4. The third-order valence-electron chi connectivity index (χ3n) is 7.75. The first-order valence-corrected chi connectivity index (χ1v) is 12.8. The molecule has 38 heavy (non-hydrogen) atoms. The summed E-state index contributed by atoms with van der Waals surface area (Å²) >= 11 is 0. The second-order valence-corrected chi connectivity index (χ2v) is 9.75. The van der Waals surface area contributed by atoms with Crippen molar-refractivity contribution in [2.24, 2.45) is 0 Å². The summed E-state index contributed by atoms with van der Waals surface area (Å²) in [6, 6.07) is 44.8. The van der Waals surface area contributed by atoms with Crippen molar-refractivity contribution in [3.63, 3.8) is 0 Å². The Bertz CT molecular complexity index is 2240. The minimum Gasteiger partial charge on any atom is -0.354 e. The Hall–Kier alpha value is -5.33. The van der Waals surface area contributed by atoms with E-state index in [0.717, 1.165) is 49.7 Å². The molecule has 0 unspecified atom stereocenters. The minimum atomic E-state index is 0.686. The topological polar surface area (TPSA) is 44.5 Å². The van der Waals surface area contributed by atoms with E-state index in [1.54, 1.807) is 0 Å². The molecule has 176 valence electrons. The smallest absolute Gasteiger partial charge is 0.0998 e. The fraction of sp³-hybridized carbons (Fsp3) is 0. The lowest BCUT2D eigenvalue weighted by Crippen LogP contribution is -1.94. The lowest BCUT2D eigenvalue weighted by atomic mass is 9.90. The molecule has 0 aliphatic carbocycles. The van der Waals surface area contributed by atoms with Crippen LogP contribution in [-0.2, 0) is 0 Å². The molecule has 0 radical (unpaired) electrons. The third-order valence-corrected chi connectivity index (χ3v) is 7.75. The van der Waals surface area contributed by atoms with Crippen LogP contribution in [0.25, 0.3) is 71.2 Å². The highest BCUT2D eigenvalue weighted by Crippen LogP contribution is 2.46. The number of aromatic amines is 1. The van der Waals surface area contributed by atoms with Crippen LogP contribution in [0.3, 0.4) is 0 Å². The highest BCUT2D eigenvalue weighted by Gasteiger charge is 2.22. The average molecular weight is 484 g/mol. The fourth-order valence-electron chi connectivity index (χ4n) is 6.20. The molecule has 8 rings (SSSR count). The van der Waals surface area contributed by atoms with E-state index in [1.165, 1.54) is 21.5 Å². The summed E-state index contributed by atoms with van der Waals surface area (Å²) in [4.78, 5) is 3.76. The van der Waals surface area contributed by atoms with Gasteiger partial charge >= 0.3 is 0 Å². The van der Waals surface area contributed by atoms with Gasteiger partial charge in [0.1, 0.15) is 0 Å². The first kappa shape index (κ1) is 20.8. The van der Waals surface area contributed by atoms with E-state index in [-0.39, 0.29) is 0 Å². The number of para-hydroxylation sites is 3. The van der Waals surface area contributed by atoms with Gasteiger partial charge in [0.15, 0.2) is 0 Å². The van der Waals surface area contributed by atoms with Crippen LogP contribution < -0.4 is 0 Å². The molecule has 0 aliphatic heterocycles. The Morgan fingerprint density at radius 3 is 2.18 bits per heavy atom. The number of aromatic nitrogens is 2. The number of fused-ring (bicyclic) bond motifs is 7. The molecule has 3 heteroatoms. The summed E-state index contributed by atoms with van der Waals surface area (Å²) in [5, 5.41) is 16.9. The quantitative estimate of drug-likeness (QED) is 0.262. The van der Waals surface area contributed by atoms with Crippen LogP contribution in [0.15, 0.2) is 121 Å². The fourth-order valence-corrected chi connectivity index (χ4v) is 6.20. The zero-order valence-electron chi connectivity index (χ0n) is 20.4. The number of hydrogen-bond acceptors (Lipinski definition) is 1. The van der Waals surface area contributed by atoms with Crippen molar-refractivity contribution < 1.29 is 0 Å². The van der Waals surface area contributed by atoms with Crippen LogP contribution in [0.5, 0.6) is 0 Å². The van der Waals surface area contributed by atoms with Crippen LogP contribution in [0.1, 0.15) is 5.56 Å². The molecule has 0 fully saturated rings. The van der Waals surface area contributed by atoms with Crippen LogP contribution >= 0.6 is 0 Å². The Balaban J connectivity index is 1.69. The first-order valence-electron chi connectivity index (χ1n) is 12.8. The van der Waals surface area contributed by atoms with Crippen molar-refractivity contribution in [2.45, 2.75) is 0 Å². The molecule has 1 N–H and O–H groups in total. The van der Waals surface area contributed by atoms with E-state index < -0.39 is 0 Å². The van der Waals surface area contributed by atoms with Crippen molar-refractivity contribution in [1.82, 2.24) is 9.55 Å². The molecule has 6 aromatic carbocycles. The highest BCUT2D eigenvalue weighted by molar-refractivity contribution is 6.28. The Morgan fingerprint density at radius 1 is 0.605 bits per heavy atom. The predicted molar refractivity (Wildman–Crippen MR) is 158 cm³/mol. The van der Waals surface area contributed by atoms with E-state index in [0.29, 0.717) is 5.56 Å². The standard InChI is InChI=1S/C35H21N3/c36-21-23-12-8-10-22-11-9-17-27(32(22)23)34-33-26-16-5-7-19-30(26)38(24-13-2-1-3-14-24)31(33)20-28-25-15-4-6-18-29(25)37-35(28)34/h1-20,37H. The highest BCUT2D eigenvalue weighted by atomic mass is 15.0. The monoisotopic (exact) mass is 483 g/mol. The normalized spacial score (nSPS) is 11.7. The summed E-state index contributed by atoms with van der Waals surface area (Å²) in [5.74, 6) is 0. The molecule has 0 spiro atoms. The average Bonchev–Trinajstić information content (AvgIpc) is 3.51. The number of nitrogens with one attached hydrogen (secondary N) is 1. The van der Waals surface area contributed by atoms with Gasteiger partial charge in [-0.05, 0) is 47.3 Å². The predicted octanol–water partition coefficient (Wildman–Crippen LogP) is 9.11. The first-order chi connectivity index (χ1) is 18.8. The van der Waals surface area contributed by atoms with Crippen molar-refractivity contribution in [3.8, 4) is 22.9 Å². The Kier molecular flexibility index (Phi) is 4.29. The maximum atomic E-state index is 10.1. The number of nitriles is 1. The largest absolute Gasteiger partial charge is 0.354 e. The Labute approximate surface area is 218 Å². The molecular formula is C35H21N3. The molecule has 2 heterocycles. The molecule has 0 atom stereocenters. The lowest BCUT2D eigenvalue weighted by molar-refractivity contribution is 1.18. The van der Waals surface area contributed by atoms with Gasteiger partial charge in [0.05, 0.1) is 28.2 Å². The summed E-state index contributed by atoms with van der Waals surface area (Å²) in [7, 11) is 0. The van der Waals surface area contributed by atoms with Gasteiger partial charge in [0, 0.05) is 43.7 Å². The second kappa shape index (κ2) is 7.83. The summed E-state index contributed by atoms with van der Waals surface area (Å²) in [6.45, 7) is 0. The minimum absolute atomic E-state index is 0.686. The second-order valence-electron chi connectivity index (χ2n) is 9.75. The van der Waals surface area contributed by atoms with Gasteiger partial charge < -0.3 is 9.55 Å². The summed E-state index contributed by atoms with van der Waals surface area (Å²) in [5.41, 5.74) is 8.52. The van der Waals surface area contributed by atoms with Crippen LogP contribution in [-0.4, -0.2) is 9.55 Å². The van der Waals surface area contributed by atoms with Gasteiger partial charge in [-0.3, -0.25) is 0 Å². The van der Waals surface area contributed by atoms with E-state index in [4.69, 9.17) is 0 Å². The molecule has 0 bridgehead atoms. The number of benzene rings is 6. The van der Waals surface area contributed by atoms with Gasteiger partial charge in [-0.25, -0.2) is 0 Å². The number of H-pyrrole nitrogens is 1. The summed E-state index contributed by atoms with van der Waals surface area (Å²) < 4.78 is 2.37. The SMILES string of the molecule is N#Cc1cccc2cccc(-c3c4[nH]c5ccccc5c4cc4c3c3ccccc3n4-c3ccccc3)c12. The summed E-state index contributed by atoms with van der Waals surface area (Å²) in [6.07, 6.45) is 0. The molecule has 0 aliphatic rings.